The van der Waals surface area contributed by atoms with Gasteiger partial charge in [-0.1, -0.05) is 46.3 Å². The number of halogens is 1. The van der Waals surface area contributed by atoms with Crippen LogP contribution in [0.3, 0.4) is 0 Å². The van der Waals surface area contributed by atoms with E-state index in [9.17, 15) is 9.59 Å². The molecule has 1 amide bonds. The highest BCUT2D eigenvalue weighted by Crippen LogP contribution is 2.23. The van der Waals surface area contributed by atoms with Gasteiger partial charge in [-0.25, -0.2) is 10.2 Å². The maximum Gasteiger partial charge on any atom is 0.343 e. The minimum absolute atomic E-state index is 0.317. The first-order valence-corrected chi connectivity index (χ1v) is 9.41. The Morgan fingerprint density at radius 3 is 2.45 bits per heavy atom. The highest BCUT2D eigenvalue weighted by molar-refractivity contribution is 9.10. The van der Waals surface area contributed by atoms with Gasteiger partial charge in [0.15, 0.2) is 0 Å². The van der Waals surface area contributed by atoms with Crippen molar-refractivity contribution in [2.45, 2.75) is 0 Å². The Kier molecular flexibility index (Phi) is 6.76. The first kappa shape index (κ1) is 20.3. The number of para-hydroxylation sites is 1. The second kappa shape index (κ2) is 9.66. The highest BCUT2D eigenvalue weighted by atomic mass is 79.9. The molecule has 0 atom stereocenters. The molecular weight excluding hydrogens is 436 g/mol. The monoisotopic (exact) mass is 452 g/mol. The van der Waals surface area contributed by atoms with Crippen LogP contribution in [0.2, 0.25) is 0 Å². The maximum absolute atomic E-state index is 12.3. The van der Waals surface area contributed by atoms with Crippen LogP contribution in [0, 0.1) is 0 Å². The van der Waals surface area contributed by atoms with Gasteiger partial charge < -0.3 is 9.47 Å². The molecule has 0 saturated heterocycles. The number of rotatable bonds is 6. The molecule has 0 aliphatic rings. The van der Waals surface area contributed by atoms with Gasteiger partial charge >= 0.3 is 5.97 Å². The number of hydrogen-bond acceptors (Lipinski definition) is 5. The molecule has 29 heavy (non-hydrogen) atoms. The Morgan fingerprint density at radius 1 is 0.966 bits per heavy atom. The number of esters is 1. The Labute approximate surface area is 176 Å². The average Bonchev–Trinajstić information content (AvgIpc) is 2.76. The summed E-state index contributed by atoms with van der Waals surface area (Å²) in [5.41, 5.74) is 3.76. The Bertz CT molecular complexity index is 1050. The third kappa shape index (κ3) is 5.30. The summed E-state index contributed by atoms with van der Waals surface area (Å²) in [7, 11) is 1.49. The Balaban J connectivity index is 1.75. The highest BCUT2D eigenvalue weighted by Gasteiger charge is 2.12. The van der Waals surface area contributed by atoms with Gasteiger partial charge in [0, 0.05) is 10.0 Å². The molecule has 3 rings (SSSR count). The maximum atomic E-state index is 12.3. The number of amides is 1. The summed E-state index contributed by atoms with van der Waals surface area (Å²) in [4.78, 5) is 24.7. The number of nitrogens with one attached hydrogen (secondary N) is 1. The van der Waals surface area contributed by atoms with Crippen LogP contribution in [0.25, 0.3) is 0 Å². The van der Waals surface area contributed by atoms with Crippen molar-refractivity contribution in [3.8, 4) is 11.5 Å². The van der Waals surface area contributed by atoms with Gasteiger partial charge in [0.1, 0.15) is 11.5 Å². The number of ether oxygens (including phenoxy) is 2. The van der Waals surface area contributed by atoms with E-state index >= 15 is 0 Å². The van der Waals surface area contributed by atoms with Crippen molar-refractivity contribution in [1.82, 2.24) is 5.43 Å². The van der Waals surface area contributed by atoms with E-state index in [1.54, 1.807) is 66.7 Å². The summed E-state index contributed by atoms with van der Waals surface area (Å²) in [6.45, 7) is 0. The van der Waals surface area contributed by atoms with Crippen molar-refractivity contribution in [3.63, 3.8) is 0 Å². The zero-order chi connectivity index (χ0) is 20.6. The largest absolute Gasteiger partial charge is 0.496 e. The van der Waals surface area contributed by atoms with Crippen molar-refractivity contribution >= 4 is 34.0 Å². The number of benzene rings is 3. The summed E-state index contributed by atoms with van der Waals surface area (Å²) < 4.78 is 11.4. The van der Waals surface area contributed by atoms with Gasteiger partial charge in [0.25, 0.3) is 5.91 Å². The lowest BCUT2D eigenvalue weighted by atomic mass is 10.2. The Hall–Kier alpha value is -3.45. The first-order chi connectivity index (χ1) is 14.1. The van der Waals surface area contributed by atoms with E-state index in [-0.39, 0.29) is 0 Å². The van der Waals surface area contributed by atoms with Crippen LogP contribution in [0.4, 0.5) is 0 Å². The van der Waals surface area contributed by atoms with Gasteiger partial charge in [-0.05, 0) is 42.5 Å². The summed E-state index contributed by atoms with van der Waals surface area (Å²) in [5.74, 6) is -0.144. The fourth-order valence-corrected chi connectivity index (χ4v) is 2.88. The molecule has 1 N–H and O–H groups in total. The van der Waals surface area contributed by atoms with Gasteiger partial charge in [0.2, 0.25) is 0 Å². The predicted molar refractivity (Wildman–Crippen MR) is 114 cm³/mol. The van der Waals surface area contributed by atoms with E-state index < -0.39 is 11.9 Å². The van der Waals surface area contributed by atoms with E-state index in [4.69, 9.17) is 9.47 Å². The van der Waals surface area contributed by atoms with Crippen LogP contribution in [-0.4, -0.2) is 25.2 Å². The summed E-state index contributed by atoms with van der Waals surface area (Å²) in [6, 6.07) is 20.6. The van der Waals surface area contributed by atoms with E-state index in [1.807, 2.05) is 6.07 Å². The van der Waals surface area contributed by atoms with Crippen molar-refractivity contribution < 1.29 is 19.1 Å². The van der Waals surface area contributed by atoms with Gasteiger partial charge in [0.05, 0.1) is 24.5 Å². The van der Waals surface area contributed by atoms with Crippen LogP contribution in [-0.2, 0) is 0 Å². The van der Waals surface area contributed by atoms with Crippen LogP contribution in [0.5, 0.6) is 11.5 Å². The van der Waals surface area contributed by atoms with Gasteiger partial charge in [-0.2, -0.15) is 5.10 Å². The zero-order valence-electron chi connectivity index (χ0n) is 15.5. The molecule has 0 aliphatic heterocycles. The average molecular weight is 453 g/mol. The van der Waals surface area contributed by atoms with Crippen molar-refractivity contribution in [1.29, 1.82) is 0 Å². The molecule has 0 heterocycles. The van der Waals surface area contributed by atoms with Crippen molar-refractivity contribution in [2.24, 2.45) is 5.10 Å². The first-order valence-electron chi connectivity index (χ1n) is 8.61. The smallest absolute Gasteiger partial charge is 0.343 e. The number of hydrazone groups is 1. The standard InChI is InChI=1S/C22H17BrN2O4/c1-28-20-10-6-5-9-18(20)21(26)25-24-14-16-13-17(23)11-12-19(16)29-22(27)15-7-3-2-4-8-15/h2-14H,1H3,(H,25,26). The molecule has 0 unspecified atom stereocenters. The SMILES string of the molecule is COc1ccccc1C(=O)NN=Cc1cc(Br)ccc1OC(=O)c1ccccc1. The predicted octanol–water partition coefficient (Wildman–Crippen LogP) is 4.44. The minimum Gasteiger partial charge on any atom is -0.496 e. The fourth-order valence-electron chi connectivity index (χ4n) is 2.50. The molecule has 3 aromatic carbocycles. The van der Waals surface area contributed by atoms with E-state index in [2.05, 4.69) is 26.5 Å². The molecule has 0 bridgehead atoms. The quantitative estimate of drug-likeness (QED) is 0.259. The molecule has 0 aliphatic carbocycles. The van der Waals surface area contributed by atoms with Gasteiger partial charge in [-0.15, -0.1) is 0 Å². The van der Waals surface area contributed by atoms with Crippen LogP contribution < -0.4 is 14.9 Å². The number of nitrogens with zero attached hydrogens (tertiary/aromatic N) is 1. The second-order valence-electron chi connectivity index (χ2n) is 5.84. The topological polar surface area (TPSA) is 77.0 Å². The second-order valence-corrected chi connectivity index (χ2v) is 6.75. The molecular formula is C22H17BrN2O4. The van der Waals surface area contributed by atoms with Crippen molar-refractivity contribution in [2.75, 3.05) is 7.11 Å². The molecule has 6 nitrogen and oxygen atoms in total. The van der Waals surface area contributed by atoms with Crippen molar-refractivity contribution in [3.05, 3.63) is 94.0 Å². The van der Waals surface area contributed by atoms with Gasteiger partial charge in [-0.3, -0.25) is 4.79 Å². The van der Waals surface area contributed by atoms with Crippen LogP contribution in [0.15, 0.2) is 82.4 Å². The summed E-state index contributed by atoms with van der Waals surface area (Å²) >= 11 is 3.38. The number of carbonyl (C=O) groups excluding carboxylic acids is 2. The van der Waals surface area contributed by atoms with E-state index in [1.165, 1.54) is 13.3 Å². The number of hydrogen-bond donors (Lipinski definition) is 1. The molecule has 0 saturated carbocycles. The zero-order valence-corrected chi connectivity index (χ0v) is 17.0. The third-order valence-corrected chi connectivity index (χ3v) is 4.40. The van der Waals surface area contributed by atoms with E-state index in [0.29, 0.717) is 28.2 Å². The van der Waals surface area contributed by atoms with Crippen LogP contribution in [0.1, 0.15) is 26.3 Å². The number of carbonyl (C=O) groups is 2. The normalized spacial score (nSPS) is 10.6. The molecule has 0 aromatic heterocycles. The fraction of sp³-hybridized carbons (Fsp3) is 0.0455. The minimum atomic E-state index is -0.486. The third-order valence-electron chi connectivity index (χ3n) is 3.91. The lowest BCUT2D eigenvalue weighted by Crippen LogP contribution is -2.18. The molecule has 3 aromatic rings. The molecule has 146 valence electrons. The number of methoxy groups -OCH3 is 1. The summed E-state index contributed by atoms with van der Waals surface area (Å²) in [6.07, 6.45) is 1.41. The molecule has 0 fully saturated rings. The van der Waals surface area contributed by atoms with E-state index in [0.717, 1.165) is 4.47 Å². The lowest BCUT2D eigenvalue weighted by molar-refractivity contribution is 0.0734. The lowest BCUT2D eigenvalue weighted by Gasteiger charge is -2.08. The molecule has 7 heteroatoms. The van der Waals surface area contributed by atoms with Crippen LogP contribution >= 0.6 is 15.9 Å². The molecule has 0 radical (unpaired) electrons. The summed E-state index contributed by atoms with van der Waals surface area (Å²) in [5, 5.41) is 3.98. The molecule has 0 spiro atoms. The Morgan fingerprint density at radius 2 is 1.69 bits per heavy atom.